The highest BCUT2D eigenvalue weighted by atomic mass is 31.3. The molecule has 1 saturated carbocycles. The molecule has 27 nitrogen and oxygen atoms in total. The van der Waals surface area contributed by atoms with Gasteiger partial charge in [0.05, 0.1) is 0 Å². The quantitative estimate of drug-likeness (QED) is 0.0788. The molecule has 1 rings (SSSR count). The summed E-state index contributed by atoms with van der Waals surface area (Å²) in [5, 5.41) is 21.0. The molecule has 240 valence electrons. The second kappa shape index (κ2) is 13.0. The molecule has 0 aromatic heterocycles. The molecule has 9 atom stereocenters. The Bertz CT molecular complexity index is 1230. The first-order valence-corrected chi connectivity index (χ1v) is 19.4. The molecule has 0 amide bonds. The average molecular weight is 740 g/mol. The molecule has 0 radical (unpaired) electrons. The number of aliphatic hydroxyl groups excluding tert-OH is 2. The minimum atomic E-state index is -6.28. The molecule has 13 N–H and O–H groups in total. The molecule has 1 aliphatic rings. The zero-order valence-electron chi connectivity index (χ0n) is 18.1. The van der Waals surface area contributed by atoms with Crippen molar-refractivity contribution in [2.24, 2.45) is 0 Å². The monoisotopic (exact) mass is 740 g/mol. The molecular weight excluding hydrogens is 721 g/mol. The second-order valence-electron chi connectivity index (χ2n) is 6.87. The van der Waals surface area contributed by atoms with E-state index in [2.05, 4.69) is 31.0 Å². The Labute approximate surface area is 219 Å². The zero-order chi connectivity index (χ0) is 31.9. The summed E-state index contributed by atoms with van der Waals surface area (Å²) in [6.07, 6.45) is -19.0. The lowest BCUT2D eigenvalue weighted by atomic mass is 9.85. The van der Waals surface area contributed by atoms with Gasteiger partial charge in [-0.2, -0.15) is 12.9 Å². The first-order chi connectivity index (χ1) is 17.3. The van der Waals surface area contributed by atoms with Crippen molar-refractivity contribution < 1.29 is 127 Å². The maximum Gasteiger partial charge on any atom is 0.481 e. The summed E-state index contributed by atoms with van der Waals surface area (Å²) < 4.78 is 107. The molecule has 3 unspecified atom stereocenters. The molecule has 0 bridgehead atoms. The summed E-state index contributed by atoms with van der Waals surface area (Å²) in [6.45, 7) is 0. The fourth-order valence-electron chi connectivity index (χ4n) is 2.72. The van der Waals surface area contributed by atoms with Crippen LogP contribution >= 0.6 is 54.8 Å². The van der Waals surface area contributed by atoms with Gasteiger partial charge >= 0.3 is 54.8 Å². The van der Waals surface area contributed by atoms with E-state index in [9.17, 15) is 56.8 Å². The first-order valence-electron chi connectivity index (χ1n) is 8.76. The minimum absolute atomic E-state index is 3.09. The third kappa shape index (κ3) is 14.1. The van der Waals surface area contributed by atoms with Gasteiger partial charge in [-0.3, -0.25) is 18.1 Å². The fourth-order valence-corrected chi connectivity index (χ4v) is 8.63. The molecule has 0 heterocycles. The SMILES string of the molecule is O=P(O)(O)O[C@@H]1[C@@H](O)[C@@H](OP(=O)(O)OP(=O)(O)O)[C@@H](OP(=O)(O)OP(=O)(O)O)[C@H](O)[C@H]1OP(=O)(O)OP(=O)(O)O. The van der Waals surface area contributed by atoms with Gasteiger partial charge in [-0.1, -0.05) is 0 Å². The largest absolute Gasteiger partial charge is 0.481 e. The predicted molar refractivity (Wildman–Crippen MR) is 112 cm³/mol. The van der Waals surface area contributed by atoms with Crippen molar-refractivity contribution in [3.05, 3.63) is 0 Å². The molecule has 1 aliphatic carbocycles. The van der Waals surface area contributed by atoms with Gasteiger partial charge in [0, 0.05) is 0 Å². The molecule has 40 heavy (non-hydrogen) atoms. The van der Waals surface area contributed by atoms with E-state index in [0.717, 1.165) is 0 Å². The van der Waals surface area contributed by atoms with Crippen molar-refractivity contribution in [3.63, 3.8) is 0 Å². The number of rotatable bonds is 14. The summed E-state index contributed by atoms with van der Waals surface area (Å²) in [6, 6.07) is 0. The Morgan fingerprint density at radius 3 is 0.725 bits per heavy atom. The average Bonchev–Trinajstić information content (AvgIpc) is 2.58. The maximum absolute atomic E-state index is 12.0. The van der Waals surface area contributed by atoms with Crippen molar-refractivity contribution in [3.8, 4) is 0 Å². The van der Waals surface area contributed by atoms with Crippen LogP contribution < -0.4 is 0 Å². The van der Waals surface area contributed by atoms with Gasteiger partial charge in [0.2, 0.25) is 0 Å². The third-order valence-electron chi connectivity index (χ3n) is 3.65. The standard InChI is InChI=1S/C6H19O27P7/c7-1-3(27-34(9,10)11)4(28-38(21,22)31-35(12,13)14)2(8)6(30-40(25,26)33-37(18,19)20)5(1)29-39(23,24)32-36(15,16)17/h1-8H,(H,21,22)(H,23,24)(H,25,26)(H2,9,10,11)(H2,12,13,14)(H2,15,16,17)(H2,18,19,20)/t1-,2-,3-,4-,5-,6+/m1/s1. The number of phosphoric ester groups is 4. The molecule has 0 aromatic carbocycles. The molecule has 0 saturated heterocycles. The Hall–Kier alpha value is 0.810. The third-order valence-corrected chi connectivity index (χ3v) is 10.7. The van der Waals surface area contributed by atoms with E-state index in [1.165, 1.54) is 0 Å². The zero-order valence-corrected chi connectivity index (χ0v) is 24.4. The van der Waals surface area contributed by atoms with Gasteiger partial charge in [-0.25, -0.2) is 32.0 Å². The van der Waals surface area contributed by atoms with Gasteiger partial charge < -0.3 is 64.0 Å². The van der Waals surface area contributed by atoms with E-state index >= 15 is 0 Å². The van der Waals surface area contributed by atoms with Crippen LogP contribution in [0.1, 0.15) is 0 Å². The van der Waals surface area contributed by atoms with E-state index in [-0.39, 0.29) is 0 Å². The molecule has 0 aliphatic heterocycles. The lowest BCUT2D eigenvalue weighted by molar-refractivity contribution is -0.208. The van der Waals surface area contributed by atoms with Crippen LogP contribution in [0.3, 0.4) is 0 Å². The molecular formula is C6H19O27P7. The van der Waals surface area contributed by atoms with Gasteiger partial charge in [-0.15, -0.1) is 0 Å². The van der Waals surface area contributed by atoms with Gasteiger partial charge in [0.1, 0.15) is 36.6 Å². The summed E-state index contributed by atoms with van der Waals surface area (Å²) in [7, 11) is -42.7. The lowest BCUT2D eigenvalue weighted by Gasteiger charge is -2.46. The van der Waals surface area contributed by atoms with Crippen molar-refractivity contribution >= 4 is 54.8 Å². The Morgan fingerprint density at radius 1 is 0.350 bits per heavy atom. The van der Waals surface area contributed by atoms with Crippen LogP contribution in [0, 0.1) is 0 Å². The van der Waals surface area contributed by atoms with E-state index < -0.39 is 91.4 Å². The van der Waals surface area contributed by atoms with Crippen molar-refractivity contribution in [2.45, 2.75) is 36.6 Å². The highest BCUT2D eigenvalue weighted by Crippen LogP contribution is 2.64. The summed E-state index contributed by atoms with van der Waals surface area (Å²) >= 11 is 0. The maximum atomic E-state index is 12.0. The number of hydrogen-bond acceptors (Lipinski definition) is 16. The predicted octanol–water partition coefficient (Wildman–Crippen LogP) is -3.02. The summed E-state index contributed by atoms with van der Waals surface area (Å²) in [5.41, 5.74) is 0. The highest BCUT2D eigenvalue weighted by Gasteiger charge is 2.60. The normalized spacial score (nSPS) is 31.6. The van der Waals surface area contributed by atoms with E-state index in [0.29, 0.717) is 0 Å². The van der Waals surface area contributed by atoms with E-state index in [1.54, 1.807) is 0 Å². The van der Waals surface area contributed by atoms with Gasteiger partial charge in [-0.05, 0) is 0 Å². The van der Waals surface area contributed by atoms with Crippen LogP contribution in [-0.2, 0) is 63.0 Å². The van der Waals surface area contributed by atoms with Crippen LogP contribution in [0.5, 0.6) is 0 Å². The topological polar surface area (TPSA) is 447 Å². The van der Waals surface area contributed by atoms with Gasteiger partial charge in [0.25, 0.3) is 0 Å². The van der Waals surface area contributed by atoms with Crippen molar-refractivity contribution in [1.29, 1.82) is 0 Å². The number of phosphoric acid groups is 7. The minimum Gasteiger partial charge on any atom is -0.387 e. The van der Waals surface area contributed by atoms with Gasteiger partial charge in [0.15, 0.2) is 0 Å². The smallest absolute Gasteiger partial charge is 0.387 e. The van der Waals surface area contributed by atoms with Crippen LogP contribution in [0.15, 0.2) is 0 Å². The van der Waals surface area contributed by atoms with Crippen molar-refractivity contribution in [2.75, 3.05) is 0 Å². The van der Waals surface area contributed by atoms with Crippen LogP contribution in [-0.4, -0.2) is 101 Å². The summed E-state index contributed by atoms with van der Waals surface area (Å²) in [5.74, 6) is 0. The van der Waals surface area contributed by atoms with Crippen LogP contribution in [0.25, 0.3) is 0 Å². The van der Waals surface area contributed by atoms with Crippen LogP contribution in [0.4, 0.5) is 0 Å². The van der Waals surface area contributed by atoms with E-state index in [4.69, 9.17) is 39.1 Å². The lowest BCUT2D eigenvalue weighted by Crippen LogP contribution is -2.65. The Kier molecular flexibility index (Phi) is 12.7. The number of hydrogen-bond donors (Lipinski definition) is 13. The summed E-state index contributed by atoms with van der Waals surface area (Å²) in [4.78, 5) is 99.1. The van der Waals surface area contributed by atoms with E-state index in [1.807, 2.05) is 0 Å². The second-order valence-corrected chi connectivity index (χ2v) is 16.4. The van der Waals surface area contributed by atoms with Crippen LogP contribution in [0.2, 0.25) is 0 Å². The highest BCUT2D eigenvalue weighted by molar-refractivity contribution is 7.61. The first kappa shape index (κ1) is 38.8. The number of aliphatic hydroxyl groups is 2. The molecule has 0 aromatic rings. The van der Waals surface area contributed by atoms with Crippen molar-refractivity contribution in [1.82, 2.24) is 0 Å². The molecule has 0 spiro atoms. The molecule has 1 fully saturated rings. The fraction of sp³-hybridized carbons (Fsp3) is 1.00. The molecule has 34 heteroatoms. The Balaban J connectivity index is 3.74. The Morgan fingerprint density at radius 2 is 0.550 bits per heavy atom.